The van der Waals surface area contributed by atoms with E-state index in [1.807, 2.05) is 54.6 Å². The maximum atomic E-state index is 13.4. The zero-order valence-corrected chi connectivity index (χ0v) is 15.2. The van der Waals surface area contributed by atoms with Gasteiger partial charge in [0.05, 0.1) is 7.11 Å². The second-order valence-electron chi connectivity index (χ2n) is 6.17. The fraction of sp³-hybridized carbons (Fsp3) is 0.0909. The molecule has 1 atom stereocenters. The zero-order valence-electron chi connectivity index (χ0n) is 15.2. The first-order chi connectivity index (χ1) is 13.7. The van der Waals surface area contributed by atoms with Crippen LogP contribution in [0.2, 0.25) is 0 Å². The molecule has 140 valence electrons. The molecule has 1 N–H and O–H groups in total. The van der Waals surface area contributed by atoms with Crippen molar-refractivity contribution in [1.82, 2.24) is 10.2 Å². The number of nitrogens with one attached hydrogen (secondary N) is 1. The van der Waals surface area contributed by atoms with Gasteiger partial charge in [-0.3, -0.25) is 0 Å². The average molecular weight is 375 g/mol. The Labute approximate surface area is 161 Å². The van der Waals surface area contributed by atoms with Gasteiger partial charge in [-0.15, -0.1) is 10.2 Å². The van der Waals surface area contributed by atoms with Crippen LogP contribution in [-0.2, 0) is 0 Å². The molecule has 0 saturated heterocycles. The molecule has 0 spiro atoms. The summed E-state index contributed by atoms with van der Waals surface area (Å²) in [6.45, 7) is 0. The van der Waals surface area contributed by atoms with Gasteiger partial charge in [-0.25, -0.2) is 4.39 Å². The first kappa shape index (κ1) is 17.7. The second-order valence-corrected chi connectivity index (χ2v) is 6.17. The fourth-order valence-corrected chi connectivity index (χ4v) is 2.85. The van der Waals surface area contributed by atoms with Crippen LogP contribution in [0.5, 0.6) is 5.75 Å². The molecule has 0 aliphatic rings. The Morgan fingerprint density at radius 2 is 1.61 bits per heavy atom. The van der Waals surface area contributed by atoms with E-state index in [4.69, 9.17) is 9.15 Å². The molecule has 28 heavy (non-hydrogen) atoms. The van der Waals surface area contributed by atoms with Gasteiger partial charge in [-0.2, -0.15) is 0 Å². The quantitative estimate of drug-likeness (QED) is 0.509. The highest BCUT2D eigenvalue weighted by molar-refractivity contribution is 5.53. The molecule has 0 aliphatic heterocycles. The van der Waals surface area contributed by atoms with E-state index >= 15 is 0 Å². The maximum Gasteiger partial charge on any atom is 0.247 e. The number of benzene rings is 3. The van der Waals surface area contributed by atoms with Crippen molar-refractivity contribution in [2.45, 2.75) is 6.04 Å². The Kier molecular flexibility index (Phi) is 5.01. The van der Waals surface area contributed by atoms with Crippen molar-refractivity contribution >= 4 is 5.69 Å². The molecule has 3 aromatic carbocycles. The Balaban J connectivity index is 1.68. The van der Waals surface area contributed by atoms with Crippen molar-refractivity contribution in [1.29, 1.82) is 0 Å². The third-order valence-corrected chi connectivity index (χ3v) is 4.31. The smallest absolute Gasteiger partial charge is 0.247 e. The van der Waals surface area contributed by atoms with Gasteiger partial charge in [0, 0.05) is 11.3 Å². The van der Waals surface area contributed by atoms with Gasteiger partial charge >= 0.3 is 0 Å². The van der Waals surface area contributed by atoms with Crippen molar-refractivity contribution in [3.05, 3.63) is 96.1 Å². The lowest BCUT2D eigenvalue weighted by molar-refractivity contribution is 0.415. The molecule has 0 bridgehead atoms. The molecule has 6 heteroatoms. The number of aromatic nitrogens is 2. The van der Waals surface area contributed by atoms with Crippen LogP contribution in [0.3, 0.4) is 0 Å². The summed E-state index contributed by atoms with van der Waals surface area (Å²) in [4.78, 5) is 0. The average Bonchev–Trinajstić information content (AvgIpc) is 3.24. The van der Waals surface area contributed by atoms with Crippen molar-refractivity contribution in [2.24, 2.45) is 0 Å². The van der Waals surface area contributed by atoms with Gasteiger partial charge in [-0.1, -0.05) is 30.3 Å². The minimum absolute atomic E-state index is 0.303. The number of hydrogen-bond donors (Lipinski definition) is 1. The van der Waals surface area contributed by atoms with E-state index in [0.717, 1.165) is 22.6 Å². The molecule has 5 nitrogen and oxygen atoms in total. The van der Waals surface area contributed by atoms with Crippen LogP contribution in [-0.4, -0.2) is 17.3 Å². The summed E-state index contributed by atoms with van der Waals surface area (Å²) in [5.74, 6) is 1.27. The van der Waals surface area contributed by atoms with E-state index in [1.54, 1.807) is 19.2 Å². The van der Waals surface area contributed by atoms with Gasteiger partial charge in [0.2, 0.25) is 11.8 Å². The molecular formula is C22H18FN3O2. The van der Waals surface area contributed by atoms with Crippen LogP contribution in [0.15, 0.2) is 83.3 Å². The summed E-state index contributed by atoms with van der Waals surface area (Å²) in [7, 11) is 1.62. The molecule has 0 saturated carbocycles. The SMILES string of the molecule is COc1ccc(N[C@H](c2ccc(F)cc2)c2nnc(-c3ccccc3)o2)cc1. The standard InChI is InChI=1S/C22H18FN3O2/c1-27-19-13-11-18(12-14-19)24-20(15-7-9-17(23)10-8-15)22-26-25-21(28-22)16-5-3-2-4-6-16/h2-14,20,24H,1H3/t20-/m1/s1. The lowest BCUT2D eigenvalue weighted by Crippen LogP contribution is -2.13. The van der Waals surface area contributed by atoms with E-state index in [1.165, 1.54) is 12.1 Å². The van der Waals surface area contributed by atoms with E-state index in [2.05, 4.69) is 15.5 Å². The Hall–Kier alpha value is -3.67. The van der Waals surface area contributed by atoms with Gasteiger partial charge in [0.25, 0.3) is 0 Å². The predicted octanol–water partition coefficient (Wildman–Crippen LogP) is 5.09. The largest absolute Gasteiger partial charge is 0.497 e. The van der Waals surface area contributed by atoms with Gasteiger partial charge in [0.15, 0.2) is 0 Å². The van der Waals surface area contributed by atoms with Crippen LogP contribution in [0, 0.1) is 5.82 Å². The summed E-state index contributed by atoms with van der Waals surface area (Å²) < 4.78 is 24.5. The van der Waals surface area contributed by atoms with Crippen LogP contribution in [0.1, 0.15) is 17.5 Å². The number of rotatable bonds is 6. The number of ether oxygens (including phenoxy) is 1. The zero-order chi connectivity index (χ0) is 19.3. The molecule has 1 heterocycles. The Bertz CT molecular complexity index is 1030. The molecule has 0 aliphatic carbocycles. The van der Waals surface area contributed by atoms with E-state index in [0.29, 0.717) is 11.8 Å². The maximum absolute atomic E-state index is 13.4. The Morgan fingerprint density at radius 1 is 0.893 bits per heavy atom. The molecule has 1 aromatic heterocycles. The number of nitrogens with zero attached hydrogens (tertiary/aromatic N) is 2. The topological polar surface area (TPSA) is 60.2 Å². The number of hydrogen-bond acceptors (Lipinski definition) is 5. The lowest BCUT2D eigenvalue weighted by atomic mass is 10.1. The molecule has 0 radical (unpaired) electrons. The minimum atomic E-state index is -0.432. The van der Waals surface area contributed by atoms with E-state index in [-0.39, 0.29) is 5.82 Å². The highest BCUT2D eigenvalue weighted by Crippen LogP contribution is 2.29. The van der Waals surface area contributed by atoms with Crippen LogP contribution < -0.4 is 10.1 Å². The monoisotopic (exact) mass is 375 g/mol. The van der Waals surface area contributed by atoms with Crippen LogP contribution >= 0.6 is 0 Å². The lowest BCUT2D eigenvalue weighted by Gasteiger charge is -2.17. The van der Waals surface area contributed by atoms with Gasteiger partial charge in [-0.05, 0) is 54.1 Å². The van der Waals surface area contributed by atoms with Crippen molar-refractivity contribution < 1.29 is 13.5 Å². The number of halogens is 1. The normalized spacial score (nSPS) is 11.8. The van der Waals surface area contributed by atoms with Crippen LogP contribution in [0.25, 0.3) is 11.5 Å². The molecular weight excluding hydrogens is 357 g/mol. The molecule has 0 unspecified atom stereocenters. The van der Waals surface area contributed by atoms with Crippen molar-refractivity contribution in [3.63, 3.8) is 0 Å². The first-order valence-corrected chi connectivity index (χ1v) is 8.78. The molecule has 0 amide bonds. The van der Waals surface area contributed by atoms with E-state index < -0.39 is 6.04 Å². The highest BCUT2D eigenvalue weighted by atomic mass is 19.1. The summed E-state index contributed by atoms with van der Waals surface area (Å²) in [5, 5.41) is 11.8. The first-order valence-electron chi connectivity index (χ1n) is 8.78. The second kappa shape index (κ2) is 7.92. The number of methoxy groups -OCH3 is 1. The predicted molar refractivity (Wildman–Crippen MR) is 105 cm³/mol. The summed E-state index contributed by atoms with van der Waals surface area (Å²) in [6.07, 6.45) is 0. The van der Waals surface area contributed by atoms with Crippen molar-refractivity contribution in [3.8, 4) is 17.2 Å². The van der Waals surface area contributed by atoms with E-state index in [9.17, 15) is 4.39 Å². The fourth-order valence-electron chi connectivity index (χ4n) is 2.85. The highest BCUT2D eigenvalue weighted by Gasteiger charge is 2.21. The number of anilines is 1. The summed E-state index contributed by atoms with van der Waals surface area (Å²) in [5.41, 5.74) is 2.48. The van der Waals surface area contributed by atoms with Crippen LogP contribution in [0.4, 0.5) is 10.1 Å². The molecule has 4 rings (SSSR count). The molecule has 0 fully saturated rings. The third kappa shape index (κ3) is 3.86. The summed E-state index contributed by atoms with van der Waals surface area (Å²) in [6, 6.07) is 22.8. The third-order valence-electron chi connectivity index (χ3n) is 4.31. The summed E-state index contributed by atoms with van der Waals surface area (Å²) >= 11 is 0. The Morgan fingerprint density at radius 3 is 2.29 bits per heavy atom. The minimum Gasteiger partial charge on any atom is -0.497 e. The van der Waals surface area contributed by atoms with Crippen molar-refractivity contribution in [2.75, 3.05) is 12.4 Å². The van der Waals surface area contributed by atoms with Gasteiger partial charge in [0.1, 0.15) is 17.6 Å². The van der Waals surface area contributed by atoms with Gasteiger partial charge < -0.3 is 14.5 Å². The molecule has 4 aromatic rings.